The van der Waals surface area contributed by atoms with Crippen LogP contribution in [0.15, 0.2) is 0 Å². The number of aryl methyl sites for hydroxylation is 2. The van der Waals surface area contributed by atoms with E-state index in [-0.39, 0.29) is 0 Å². The number of aromatic nitrogens is 2. The molecular formula is C12H21ClN4. The molecule has 0 N–H and O–H groups in total. The van der Waals surface area contributed by atoms with Gasteiger partial charge in [-0.2, -0.15) is 5.10 Å². The maximum absolute atomic E-state index is 6.25. The summed E-state index contributed by atoms with van der Waals surface area (Å²) in [4.78, 5) is 4.94. The number of nitrogens with zero attached hydrogens (tertiary/aromatic N) is 4. The Balaban J connectivity index is 1.98. The minimum Gasteiger partial charge on any atom is -0.301 e. The van der Waals surface area contributed by atoms with Crippen molar-refractivity contribution in [1.82, 2.24) is 19.6 Å². The van der Waals surface area contributed by atoms with Gasteiger partial charge in [0.15, 0.2) is 0 Å². The Morgan fingerprint density at radius 1 is 1.18 bits per heavy atom. The zero-order valence-corrected chi connectivity index (χ0v) is 11.7. The van der Waals surface area contributed by atoms with E-state index in [2.05, 4.69) is 21.8 Å². The van der Waals surface area contributed by atoms with Crippen LogP contribution in [0.2, 0.25) is 5.15 Å². The molecule has 0 amide bonds. The average Bonchev–Trinajstić information content (AvgIpc) is 2.57. The molecular weight excluding hydrogens is 236 g/mol. The average molecular weight is 257 g/mol. The second-order valence-corrected chi connectivity index (χ2v) is 5.05. The highest BCUT2D eigenvalue weighted by Gasteiger charge is 2.19. The SMILES string of the molecule is CCN1CCN(Cc2c(C)nn(C)c2Cl)CC1. The third kappa shape index (κ3) is 2.81. The number of rotatable bonds is 3. The Bertz CT molecular complexity index is 380. The third-order valence-electron chi connectivity index (χ3n) is 3.56. The molecule has 1 aliphatic heterocycles. The molecule has 0 radical (unpaired) electrons. The first-order valence-corrected chi connectivity index (χ1v) is 6.62. The number of hydrogen-bond donors (Lipinski definition) is 0. The first-order valence-electron chi connectivity index (χ1n) is 6.24. The fourth-order valence-corrected chi connectivity index (χ4v) is 2.58. The molecule has 1 fully saturated rings. The topological polar surface area (TPSA) is 24.3 Å². The van der Waals surface area contributed by atoms with Crippen molar-refractivity contribution in [3.05, 3.63) is 16.4 Å². The van der Waals surface area contributed by atoms with Crippen LogP contribution < -0.4 is 0 Å². The van der Waals surface area contributed by atoms with E-state index in [1.807, 2.05) is 14.0 Å². The summed E-state index contributed by atoms with van der Waals surface area (Å²) in [5.41, 5.74) is 2.23. The third-order valence-corrected chi connectivity index (χ3v) is 4.04. The summed E-state index contributed by atoms with van der Waals surface area (Å²) in [7, 11) is 1.90. The number of piperazine rings is 1. The van der Waals surface area contributed by atoms with E-state index >= 15 is 0 Å². The quantitative estimate of drug-likeness (QED) is 0.820. The minimum atomic E-state index is 0.778. The van der Waals surface area contributed by atoms with E-state index in [1.54, 1.807) is 4.68 Å². The van der Waals surface area contributed by atoms with Gasteiger partial charge in [0.25, 0.3) is 0 Å². The normalized spacial score (nSPS) is 18.8. The van der Waals surface area contributed by atoms with Gasteiger partial charge in [0, 0.05) is 45.3 Å². The van der Waals surface area contributed by atoms with Gasteiger partial charge < -0.3 is 4.90 Å². The summed E-state index contributed by atoms with van der Waals surface area (Å²) in [5.74, 6) is 0. The van der Waals surface area contributed by atoms with Crippen LogP contribution in [-0.2, 0) is 13.6 Å². The molecule has 1 aliphatic rings. The maximum Gasteiger partial charge on any atom is 0.131 e. The Labute approximate surface area is 108 Å². The molecule has 96 valence electrons. The molecule has 0 atom stereocenters. The van der Waals surface area contributed by atoms with Crippen LogP contribution in [-0.4, -0.2) is 52.3 Å². The molecule has 0 aromatic carbocycles. The summed E-state index contributed by atoms with van der Waals surface area (Å²) < 4.78 is 1.76. The van der Waals surface area contributed by atoms with E-state index in [9.17, 15) is 0 Å². The molecule has 17 heavy (non-hydrogen) atoms. The lowest BCUT2D eigenvalue weighted by Crippen LogP contribution is -2.45. The van der Waals surface area contributed by atoms with Gasteiger partial charge >= 0.3 is 0 Å². The number of halogens is 1. The van der Waals surface area contributed by atoms with Crippen LogP contribution in [0.4, 0.5) is 0 Å². The minimum absolute atomic E-state index is 0.778. The molecule has 1 saturated heterocycles. The summed E-state index contributed by atoms with van der Waals surface area (Å²) >= 11 is 6.25. The van der Waals surface area contributed by atoms with Crippen LogP contribution in [0.5, 0.6) is 0 Å². The molecule has 0 spiro atoms. The molecule has 2 heterocycles. The Morgan fingerprint density at radius 2 is 1.76 bits per heavy atom. The van der Waals surface area contributed by atoms with Crippen molar-refractivity contribution >= 4 is 11.6 Å². The van der Waals surface area contributed by atoms with E-state index in [1.165, 1.54) is 5.56 Å². The first-order chi connectivity index (χ1) is 8.11. The molecule has 4 nitrogen and oxygen atoms in total. The zero-order chi connectivity index (χ0) is 12.4. The molecule has 0 bridgehead atoms. The van der Waals surface area contributed by atoms with Crippen LogP contribution >= 0.6 is 11.6 Å². The molecule has 1 aromatic rings. The predicted octanol–water partition coefficient (Wildman–Crippen LogP) is 1.52. The van der Waals surface area contributed by atoms with Crippen molar-refractivity contribution < 1.29 is 0 Å². The summed E-state index contributed by atoms with van der Waals surface area (Å²) in [5, 5.41) is 5.13. The highest BCUT2D eigenvalue weighted by atomic mass is 35.5. The smallest absolute Gasteiger partial charge is 0.131 e. The molecule has 5 heteroatoms. The lowest BCUT2D eigenvalue weighted by atomic mass is 10.2. The van der Waals surface area contributed by atoms with Gasteiger partial charge in [-0.1, -0.05) is 18.5 Å². The largest absolute Gasteiger partial charge is 0.301 e. The molecule has 2 rings (SSSR count). The van der Waals surface area contributed by atoms with Crippen LogP contribution in [0.25, 0.3) is 0 Å². The highest BCUT2D eigenvalue weighted by Crippen LogP contribution is 2.21. The summed E-state index contributed by atoms with van der Waals surface area (Å²) in [6, 6.07) is 0. The predicted molar refractivity (Wildman–Crippen MR) is 70.3 cm³/mol. The molecule has 0 aliphatic carbocycles. The fourth-order valence-electron chi connectivity index (χ4n) is 2.34. The van der Waals surface area contributed by atoms with Gasteiger partial charge in [0.2, 0.25) is 0 Å². The highest BCUT2D eigenvalue weighted by molar-refractivity contribution is 6.30. The van der Waals surface area contributed by atoms with Crippen molar-refractivity contribution in [1.29, 1.82) is 0 Å². The Morgan fingerprint density at radius 3 is 2.24 bits per heavy atom. The second kappa shape index (κ2) is 5.38. The molecule has 0 saturated carbocycles. The van der Waals surface area contributed by atoms with Crippen LogP contribution in [0.1, 0.15) is 18.2 Å². The fraction of sp³-hybridized carbons (Fsp3) is 0.750. The summed E-state index contributed by atoms with van der Waals surface area (Å²) in [6.07, 6.45) is 0. The Hall–Kier alpha value is -0.580. The van der Waals surface area contributed by atoms with Gasteiger partial charge in [0.1, 0.15) is 5.15 Å². The number of hydrogen-bond acceptors (Lipinski definition) is 3. The monoisotopic (exact) mass is 256 g/mol. The van der Waals surface area contributed by atoms with Gasteiger partial charge in [-0.15, -0.1) is 0 Å². The first kappa shape index (κ1) is 12.9. The zero-order valence-electron chi connectivity index (χ0n) is 10.9. The number of likely N-dealkylation sites (N-methyl/N-ethyl adjacent to an activating group) is 1. The van der Waals surface area contributed by atoms with Crippen molar-refractivity contribution in [2.45, 2.75) is 20.4 Å². The standard InChI is InChI=1S/C12H21ClN4/c1-4-16-5-7-17(8-6-16)9-11-10(2)14-15(3)12(11)13/h4-9H2,1-3H3. The van der Waals surface area contributed by atoms with Crippen molar-refractivity contribution in [3.8, 4) is 0 Å². The second-order valence-electron chi connectivity index (χ2n) is 4.69. The summed E-state index contributed by atoms with van der Waals surface area (Å²) in [6.45, 7) is 10.9. The molecule has 1 aromatic heterocycles. The van der Waals surface area contributed by atoms with Gasteiger partial charge in [0.05, 0.1) is 5.69 Å². The van der Waals surface area contributed by atoms with E-state index in [0.717, 1.165) is 50.1 Å². The van der Waals surface area contributed by atoms with Gasteiger partial charge in [-0.05, 0) is 13.5 Å². The lowest BCUT2D eigenvalue weighted by Gasteiger charge is -2.33. The van der Waals surface area contributed by atoms with E-state index < -0.39 is 0 Å². The van der Waals surface area contributed by atoms with Crippen molar-refractivity contribution in [2.24, 2.45) is 7.05 Å². The molecule has 0 unspecified atom stereocenters. The maximum atomic E-state index is 6.25. The van der Waals surface area contributed by atoms with Crippen LogP contribution in [0, 0.1) is 6.92 Å². The Kier molecular flexibility index (Phi) is 4.07. The van der Waals surface area contributed by atoms with Gasteiger partial charge in [-0.25, -0.2) is 0 Å². The van der Waals surface area contributed by atoms with E-state index in [0.29, 0.717) is 0 Å². The van der Waals surface area contributed by atoms with Crippen LogP contribution in [0.3, 0.4) is 0 Å². The lowest BCUT2D eigenvalue weighted by molar-refractivity contribution is 0.132. The van der Waals surface area contributed by atoms with Crippen molar-refractivity contribution in [3.63, 3.8) is 0 Å². The van der Waals surface area contributed by atoms with Crippen molar-refractivity contribution in [2.75, 3.05) is 32.7 Å². The van der Waals surface area contributed by atoms with Gasteiger partial charge in [-0.3, -0.25) is 9.58 Å². The van der Waals surface area contributed by atoms with E-state index in [4.69, 9.17) is 11.6 Å².